The van der Waals surface area contributed by atoms with Crippen molar-refractivity contribution in [1.82, 2.24) is 15.5 Å². The molecule has 36 heavy (non-hydrogen) atoms. The van der Waals surface area contributed by atoms with Gasteiger partial charge in [-0.3, -0.25) is 24.5 Å². The first-order chi connectivity index (χ1) is 17.0. The molecule has 2 aromatic carbocycles. The summed E-state index contributed by atoms with van der Waals surface area (Å²) in [5, 5.41) is 4.33. The SMILES string of the molecule is CC(C)Oc1ccc(C(F)(F)C(=O)NCc2ccc3c(c2)CN(C2CCC(=O)NC2=O)C3=O)c(F)c1. The number of alkyl halides is 2. The Morgan fingerprint density at radius 2 is 1.94 bits per heavy atom. The van der Waals surface area contributed by atoms with E-state index in [-0.39, 0.29) is 43.7 Å². The van der Waals surface area contributed by atoms with Gasteiger partial charge in [0, 0.05) is 31.1 Å². The summed E-state index contributed by atoms with van der Waals surface area (Å²) in [6.45, 7) is 3.23. The van der Waals surface area contributed by atoms with Gasteiger partial charge >= 0.3 is 5.92 Å². The van der Waals surface area contributed by atoms with Gasteiger partial charge in [-0.15, -0.1) is 0 Å². The molecule has 4 rings (SSSR count). The molecule has 0 saturated carbocycles. The van der Waals surface area contributed by atoms with Gasteiger partial charge in [0.15, 0.2) is 0 Å². The largest absolute Gasteiger partial charge is 0.491 e. The lowest BCUT2D eigenvalue weighted by atomic mass is 10.0. The number of ether oxygens (including phenoxy) is 1. The van der Waals surface area contributed by atoms with Gasteiger partial charge < -0.3 is 15.0 Å². The van der Waals surface area contributed by atoms with Gasteiger partial charge in [-0.05, 0) is 49.6 Å². The third-order valence-electron chi connectivity index (χ3n) is 5.98. The summed E-state index contributed by atoms with van der Waals surface area (Å²) in [6, 6.07) is 6.59. The van der Waals surface area contributed by atoms with Crippen LogP contribution in [0.2, 0.25) is 0 Å². The molecule has 1 fully saturated rings. The number of nitrogens with zero attached hydrogens (tertiary/aromatic N) is 1. The summed E-state index contributed by atoms with van der Waals surface area (Å²) in [5.41, 5.74) is 0.286. The average molecular weight is 503 g/mol. The molecule has 11 heteroatoms. The molecule has 0 bridgehead atoms. The monoisotopic (exact) mass is 503 g/mol. The van der Waals surface area contributed by atoms with Crippen LogP contribution in [0.3, 0.4) is 0 Å². The highest BCUT2D eigenvalue weighted by Crippen LogP contribution is 2.33. The van der Waals surface area contributed by atoms with Crippen molar-refractivity contribution in [3.05, 3.63) is 64.5 Å². The molecular weight excluding hydrogens is 479 g/mol. The van der Waals surface area contributed by atoms with Crippen LogP contribution in [0.5, 0.6) is 5.75 Å². The van der Waals surface area contributed by atoms with Crippen molar-refractivity contribution in [2.75, 3.05) is 0 Å². The summed E-state index contributed by atoms with van der Waals surface area (Å²) < 4.78 is 49.0. The Morgan fingerprint density at radius 3 is 2.61 bits per heavy atom. The maximum Gasteiger partial charge on any atom is 0.352 e. The summed E-state index contributed by atoms with van der Waals surface area (Å²) in [6.07, 6.45) is 0.0531. The Labute approximate surface area is 204 Å². The fourth-order valence-electron chi connectivity index (χ4n) is 4.25. The lowest BCUT2D eigenvalue weighted by Gasteiger charge is -2.29. The maximum absolute atomic E-state index is 14.7. The van der Waals surface area contributed by atoms with Gasteiger partial charge in [0.05, 0.1) is 11.7 Å². The standard InChI is InChI=1S/C25H24F3N3O5/c1-13(2)36-16-4-6-18(19(26)10-16)25(27,28)24(35)29-11-14-3-5-17-15(9-14)12-31(23(17)34)20-7-8-21(32)30-22(20)33/h3-6,9-10,13,20H,7-8,11-12H2,1-2H3,(H,29,35)(H,30,32,33). The number of rotatable bonds is 7. The first-order valence-electron chi connectivity index (χ1n) is 11.4. The van der Waals surface area contributed by atoms with Crippen LogP contribution in [0, 0.1) is 5.82 Å². The van der Waals surface area contributed by atoms with E-state index in [1.165, 1.54) is 23.1 Å². The molecule has 2 aliphatic rings. The molecule has 1 unspecified atom stereocenters. The van der Waals surface area contributed by atoms with Crippen LogP contribution >= 0.6 is 0 Å². The molecule has 8 nitrogen and oxygen atoms in total. The van der Waals surface area contributed by atoms with E-state index in [4.69, 9.17) is 4.74 Å². The third kappa shape index (κ3) is 4.91. The molecule has 2 aromatic rings. The highest BCUT2D eigenvalue weighted by atomic mass is 19.3. The quantitative estimate of drug-likeness (QED) is 0.566. The van der Waals surface area contributed by atoms with E-state index in [0.717, 1.165) is 12.1 Å². The van der Waals surface area contributed by atoms with Crippen LogP contribution in [0.4, 0.5) is 13.2 Å². The number of benzene rings is 2. The Kier molecular flexibility index (Phi) is 6.75. The van der Waals surface area contributed by atoms with Crippen LogP contribution < -0.4 is 15.4 Å². The maximum atomic E-state index is 14.7. The molecule has 2 N–H and O–H groups in total. The second-order valence-electron chi connectivity index (χ2n) is 8.96. The Hall–Kier alpha value is -3.89. The number of hydrogen-bond donors (Lipinski definition) is 2. The van der Waals surface area contributed by atoms with Gasteiger partial charge in [0.25, 0.3) is 11.8 Å². The summed E-state index contributed by atoms with van der Waals surface area (Å²) in [5.74, 6) is -8.31. The normalized spacial score (nSPS) is 17.8. The smallest absolute Gasteiger partial charge is 0.352 e. The zero-order valence-electron chi connectivity index (χ0n) is 19.6. The van der Waals surface area contributed by atoms with Crippen molar-refractivity contribution < 1.29 is 37.1 Å². The molecule has 2 aliphatic heterocycles. The summed E-state index contributed by atoms with van der Waals surface area (Å²) in [7, 11) is 0. The lowest BCUT2D eigenvalue weighted by molar-refractivity contribution is -0.147. The molecule has 1 atom stereocenters. The van der Waals surface area contributed by atoms with Crippen LogP contribution in [-0.4, -0.2) is 40.7 Å². The number of amides is 4. The minimum atomic E-state index is -4.13. The number of nitrogens with one attached hydrogen (secondary N) is 2. The third-order valence-corrected chi connectivity index (χ3v) is 5.98. The van der Waals surface area contributed by atoms with Gasteiger partial charge in [0.1, 0.15) is 17.6 Å². The fraction of sp³-hybridized carbons (Fsp3) is 0.360. The molecule has 190 valence electrons. The Balaban J connectivity index is 1.42. The zero-order valence-corrected chi connectivity index (χ0v) is 19.6. The molecule has 4 amide bonds. The predicted molar refractivity (Wildman–Crippen MR) is 120 cm³/mol. The van der Waals surface area contributed by atoms with E-state index in [2.05, 4.69) is 10.6 Å². The number of hydrogen-bond acceptors (Lipinski definition) is 5. The van der Waals surface area contributed by atoms with Gasteiger partial charge in [-0.2, -0.15) is 8.78 Å². The van der Waals surface area contributed by atoms with Crippen LogP contribution in [0.15, 0.2) is 36.4 Å². The molecule has 0 radical (unpaired) electrons. The highest BCUT2D eigenvalue weighted by Gasteiger charge is 2.43. The fourth-order valence-corrected chi connectivity index (χ4v) is 4.25. The first-order valence-corrected chi connectivity index (χ1v) is 11.4. The molecule has 1 saturated heterocycles. The van der Waals surface area contributed by atoms with E-state index in [9.17, 15) is 32.3 Å². The number of imide groups is 1. The zero-order chi connectivity index (χ0) is 26.2. The van der Waals surface area contributed by atoms with Crippen LogP contribution in [-0.2, 0) is 33.4 Å². The Morgan fingerprint density at radius 1 is 1.19 bits per heavy atom. The van der Waals surface area contributed by atoms with Gasteiger partial charge in [-0.25, -0.2) is 4.39 Å². The van der Waals surface area contributed by atoms with Gasteiger partial charge in [0.2, 0.25) is 11.8 Å². The first kappa shape index (κ1) is 25.2. The van der Waals surface area contributed by atoms with Gasteiger partial charge in [-0.1, -0.05) is 12.1 Å². The number of piperidine rings is 1. The summed E-state index contributed by atoms with van der Waals surface area (Å²) >= 11 is 0. The van der Waals surface area contributed by atoms with E-state index >= 15 is 0 Å². The van der Waals surface area contributed by atoms with E-state index in [1.807, 2.05) is 0 Å². The second kappa shape index (κ2) is 9.63. The minimum absolute atomic E-state index is 0.0708. The van der Waals surface area contributed by atoms with Crippen molar-refractivity contribution in [3.63, 3.8) is 0 Å². The Bertz CT molecular complexity index is 1250. The van der Waals surface area contributed by atoms with E-state index in [0.29, 0.717) is 16.7 Å². The highest BCUT2D eigenvalue weighted by molar-refractivity contribution is 6.05. The number of carbonyl (C=O) groups excluding carboxylic acids is 4. The van der Waals surface area contributed by atoms with Crippen molar-refractivity contribution in [1.29, 1.82) is 0 Å². The van der Waals surface area contributed by atoms with E-state index < -0.39 is 41.1 Å². The number of carbonyl (C=O) groups is 4. The molecular formula is C25H24F3N3O5. The average Bonchev–Trinajstić information content (AvgIpc) is 3.12. The van der Waals surface area contributed by atoms with Crippen molar-refractivity contribution >= 4 is 23.6 Å². The summed E-state index contributed by atoms with van der Waals surface area (Å²) in [4.78, 5) is 49.9. The number of fused-ring (bicyclic) bond motifs is 1. The van der Waals surface area contributed by atoms with Crippen LogP contribution in [0.25, 0.3) is 0 Å². The molecule has 0 aromatic heterocycles. The predicted octanol–water partition coefficient (Wildman–Crippen LogP) is 2.78. The minimum Gasteiger partial charge on any atom is -0.491 e. The molecule has 0 aliphatic carbocycles. The second-order valence-corrected chi connectivity index (χ2v) is 8.96. The van der Waals surface area contributed by atoms with E-state index in [1.54, 1.807) is 19.9 Å². The van der Waals surface area contributed by atoms with Crippen LogP contribution in [0.1, 0.15) is 53.7 Å². The topological polar surface area (TPSA) is 105 Å². The lowest BCUT2D eigenvalue weighted by Crippen LogP contribution is -2.52. The van der Waals surface area contributed by atoms with Crippen molar-refractivity contribution in [2.45, 2.75) is 57.8 Å². The van der Waals surface area contributed by atoms with Crippen molar-refractivity contribution in [3.8, 4) is 5.75 Å². The number of halogens is 3. The van der Waals surface area contributed by atoms with Crippen molar-refractivity contribution in [2.24, 2.45) is 0 Å². The molecule has 2 heterocycles. The molecule has 0 spiro atoms.